The maximum absolute atomic E-state index is 12.8. The Balaban J connectivity index is 1.92. The number of likely N-dealkylation sites (tertiary alicyclic amines) is 1. The number of hydrogen-bond acceptors (Lipinski definition) is 6. The first-order chi connectivity index (χ1) is 15.1. The Bertz CT molecular complexity index is 839. The maximum atomic E-state index is 12.8. The van der Waals surface area contributed by atoms with Gasteiger partial charge in [-0.1, -0.05) is 0 Å². The fourth-order valence-electron chi connectivity index (χ4n) is 3.28. The van der Waals surface area contributed by atoms with Gasteiger partial charge in [-0.2, -0.15) is 0 Å². The third-order valence-electron chi connectivity index (χ3n) is 4.99. The Kier molecular flexibility index (Phi) is 8.08. The van der Waals surface area contributed by atoms with Crippen molar-refractivity contribution in [2.75, 3.05) is 13.2 Å². The highest BCUT2D eigenvalue weighted by Gasteiger charge is 2.36. The van der Waals surface area contributed by atoms with Crippen LogP contribution in [0.5, 0.6) is 11.6 Å². The molecule has 1 fully saturated rings. The van der Waals surface area contributed by atoms with Crippen molar-refractivity contribution in [2.24, 2.45) is 5.41 Å². The fourth-order valence-corrected chi connectivity index (χ4v) is 3.28. The zero-order chi connectivity index (χ0) is 25.0. The molecule has 0 radical (unpaired) electrons. The Morgan fingerprint density at radius 1 is 1.21 bits per heavy atom. The molecule has 8 nitrogen and oxygen atoms in total. The van der Waals surface area contributed by atoms with Crippen LogP contribution in [0.1, 0.15) is 54.4 Å². The van der Waals surface area contributed by atoms with Gasteiger partial charge in [0.25, 0.3) is 5.88 Å². The van der Waals surface area contributed by atoms with Crippen LogP contribution in [0.3, 0.4) is 0 Å². The number of amides is 2. The molecule has 1 saturated heterocycles. The average Bonchev–Trinajstić information content (AvgIpc) is 2.64. The molecule has 1 aromatic rings. The van der Waals surface area contributed by atoms with Crippen LogP contribution < -0.4 is 14.8 Å². The van der Waals surface area contributed by atoms with Gasteiger partial charge < -0.3 is 24.4 Å². The number of hydrogen-bond donors (Lipinski definition) is 1. The summed E-state index contributed by atoms with van der Waals surface area (Å²) in [7, 11) is 0. The third-order valence-corrected chi connectivity index (χ3v) is 4.99. The number of piperidine rings is 1. The van der Waals surface area contributed by atoms with Gasteiger partial charge in [-0.3, -0.25) is 4.79 Å². The van der Waals surface area contributed by atoms with Crippen molar-refractivity contribution in [3.63, 3.8) is 0 Å². The molecular weight excluding hydrogens is 443 g/mol. The summed E-state index contributed by atoms with van der Waals surface area (Å²) >= 11 is 0. The minimum Gasteiger partial charge on any atom is -0.474 e. The first-order valence-corrected chi connectivity index (χ1v) is 10.7. The predicted molar refractivity (Wildman–Crippen MR) is 114 cm³/mol. The summed E-state index contributed by atoms with van der Waals surface area (Å²) in [5, 5.41) is 2.96. The molecule has 2 amide bonds. The minimum atomic E-state index is -4.89. The summed E-state index contributed by atoms with van der Waals surface area (Å²) in [6.07, 6.45) is -2.91. The van der Waals surface area contributed by atoms with Crippen LogP contribution in [0.2, 0.25) is 0 Å². The zero-order valence-corrected chi connectivity index (χ0v) is 19.8. The summed E-state index contributed by atoms with van der Waals surface area (Å²) in [6.45, 7) is 10.8. The van der Waals surface area contributed by atoms with Gasteiger partial charge in [0, 0.05) is 24.8 Å². The van der Waals surface area contributed by atoms with E-state index < -0.39 is 23.1 Å². The van der Waals surface area contributed by atoms with E-state index in [2.05, 4.69) is 15.0 Å². The second-order valence-electron chi connectivity index (χ2n) is 9.74. The number of alkyl halides is 3. The van der Waals surface area contributed by atoms with E-state index in [-0.39, 0.29) is 36.6 Å². The van der Waals surface area contributed by atoms with Crippen molar-refractivity contribution in [1.82, 2.24) is 15.2 Å². The lowest BCUT2D eigenvalue weighted by Crippen LogP contribution is -2.54. The van der Waals surface area contributed by atoms with Crippen molar-refractivity contribution in [1.29, 1.82) is 0 Å². The molecule has 0 unspecified atom stereocenters. The molecule has 2 atom stereocenters. The summed E-state index contributed by atoms with van der Waals surface area (Å²) in [5.74, 6) is -1.25. The topological polar surface area (TPSA) is 90.0 Å². The smallest absolute Gasteiger partial charge is 0.474 e. The van der Waals surface area contributed by atoms with Crippen LogP contribution in [0.15, 0.2) is 18.3 Å². The first-order valence-electron chi connectivity index (χ1n) is 10.7. The van der Waals surface area contributed by atoms with E-state index in [1.54, 1.807) is 39.5 Å². The van der Waals surface area contributed by atoms with Gasteiger partial charge in [0.15, 0.2) is 5.75 Å². The standard InChI is InChI=1S/C22H32F3N3O5/c1-14-12-15(9-11-28(14)19(30)33-20(2,3)4)27-18(29)21(5,6)13-31-17-16(8-7-10-26-17)32-22(23,24)25/h7-8,10,14-15H,9,11-13H2,1-6H3,(H,27,29)/t14-,15+/m0/s1. The Hall–Kier alpha value is -2.72. The highest BCUT2D eigenvalue weighted by atomic mass is 19.4. The van der Waals surface area contributed by atoms with E-state index in [4.69, 9.17) is 9.47 Å². The van der Waals surface area contributed by atoms with Crippen molar-refractivity contribution in [2.45, 2.75) is 78.4 Å². The fraction of sp³-hybridized carbons (Fsp3) is 0.682. The maximum Gasteiger partial charge on any atom is 0.573 e. The first kappa shape index (κ1) is 26.5. The monoisotopic (exact) mass is 475 g/mol. The van der Waals surface area contributed by atoms with Crippen molar-refractivity contribution >= 4 is 12.0 Å². The van der Waals surface area contributed by atoms with Gasteiger partial charge in [-0.25, -0.2) is 9.78 Å². The minimum absolute atomic E-state index is 0.131. The Labute approximate surface area is 191 Å². The molecule has 2 heterocycles. The van der Waals surface area contributed by atoms with Gasteiger partial charge in [0.05, 0.1) is 5.41 Å². The van der Waals surface area contributed by atoms with Gasteiger partial charge in [-0.15, -0.1) is 13.2 Å². The highest BCUT2D eigenvalue weighted by molar-refractivity contribution is 5.82. The molecule has 33 heavy (non-hydrogen) atoms. The summed E-state index contributed by atoms with van der Waals surface area (Å²) in [6, 6.07) is 2.08. The summed E-state index contributed by atoms with van der Waals surface area (Å²) in [4.78, 5) is 30.6. The summed E-state index contributed by atoms with van der Waals surface area (Å²) in [5.41, 5.74) is -1.65. The van der Waals surface area contributed by atoms with Gasteiger partial charge in [0.1, 0.15) is 12.2 Å². The number of nitrogens with zero attached hydrogens (tertiary/aromatic N) is 2. The van der Waals surface area contributed by atoms with E-state index in [9.17, 15) is 22.8 Å². The van der Waals surface area contributed by atoms with Crippen LogP contribution in [0.25, 0.3) is 0 Å². The van der Waals surface area contributed by atoms with Crippen molar-refractivity contribution < 1.29 is 37.0 Å². The highest BCUT2D eigenvalue weighted by Crippen LogP contribution is 2.31. The zero-order valence-electron chi connectivity index (χ0n) is 19.8. The predicted octanol–water partition coefficient (Wildman–Crippen LogP) is 4.29. The molecule has 1 aromatic heterocycles. The number of rotatable bonds is 6. The van der Waals surface area contributed by atoms with E-state index >= 15 is 0 Å². The van der Waals surface area contributed by atoms with Crippen LogP contribution in [0.4, 0.5) is 18.0 Å². The largest absolute Gasteiger partial charge is 0.573 e. The normalized spacial score (nSPS) is 19.6. The number of carbonyl (C=O) groups excluding carboxylic acids is 2. The van der Waals surface area contributed by atoms with Gasteiger partial charge >= 0.3 is 12.5 Å². The number of nitrogens with one attached hydrogen (secondary N) is 1. The van der Waals surface area contributed by atoms with Gasteiger partial charge in [-0.05, 0) is 66.5 Å². The molecule has 0 bridgehead atoms. The van der Waals surface area contributed by atoms with Crippen LogP contribution in [0, 0.1) is 5.41 Å². The Morgan fingerprint density at radius 3 is 2.45 bits per heavy atom. The SMILES string of the molecule is C[C@H]1C[C@H](NC(=O)C(C)(C)COc2ncccc2OC(F)(F)F)CCN1C(=O)OC(C)(C)C. The quantitative estimate of drug-likeness (QED) is 0.660. The lowest BCUT2D eigenvalue weighted by atomic mass is 9.91. The third kappa shape index (κ3) is 8.29. The molecule has 1 aliphatic rings. The average molecular weight is 476 g/mol. The number of ether oxygens (including phenoxy) is 3. The molecule has 0 saturated carbocycles. The van der Waals surface area contributed by atoms with E-state index in [0.717, 1.165) is 6.07 Å². The van der Waals surface area contributed by atoms with Crippen LogP contribution in [-0.2, 0) is 9.53 Å². The molecule has 0 aliphatic carbocycles. The number of aromatic nitrogens is 1. The van der Waals surface area contributed by atoms with E-state index in [0.29, 0.717) is 19.4 Å². The van der Waals surface area contributed by atoms with E-state index in [1.165, 1.54) is 12.3 Å². The lowest BCUT2D eigenvalue weighted by Gasteiger charge is -2.39. The Morgan fingerprint density at radius 2 is 1.88 bits per heavy atom. The van der Waals surface area contributed by atoms with Crippen LogP contribution in [-0.4, -0.2) is 59.1 Å². The molecule has 1 aliphatic heterocycles. The molecule has 0 aromatic carbocycles. The number of carbonyl (C=O) groups is 2. The second-order valence-corrected chi connectivity index (χ2v) is 9.74. The molecule has 1 N–H and O–H groups in total. The number of halogens is 3. The molecule has 186 valence electrons. The summed E-state index contributed by atoms with van der Waals surface area (Å²) < 4.78 is 52.5. The second kappa shape index (κ2) is 10.0. The molecule has 11 heteroatoms. The molecular formula is C22H32F3N3O5. The van der Waals surface area contributed by atoms with E-state index in [1.807, 2.05) is 6.92 Å². The van der Waals surface area contributed by atoms with Crippen molar-refractivity contribution in [3.8, 4) is 11.6 Å². The van der Waals surface area contributed by atoms with Gasteiger partial charge in [0.2, 0.25) is 5.91 Å². The van der Waals surface area contributed by atoms with Crippen molar-refractivity contribution in [3.05, 3.63) is 18.3 Å². The number of pyridine rings is 1. The molecule has 2 rings (SSSR count). The molecule has 0 spiro atoms. The van der Waals surface area contributed by atoms with Crippen LogP contribution >= 0.6 is 0 Å². The lowest BCUT2D eigenvalue weighted by molar-refractivity contribution is -0.275.